The number of carbonyl (C=O) groups excluding carboxylic acids is 3. The topological polar surface area (TPSA) is 87.7 Å². The number of hydrogen-bond donors (Lipinski definition) is 2. The summed E-state index contributed by atoms with van der Waals surface area (Å²) in [7, 11) is 1.52. The standard InChI is InChI=1S/C19H17ClFN3O4S/c1-19(11-3-5-12(28-2)6-4-11)17(26)24(18(27)22-19)23-16(25)10-29-13-7-8-15(21)14(20)9-13/h3-9H,10H2,1-2H3,(H,22,27)(H,23,25)/t19-/m1/s1. The number of amides is 4. The van der Waals surface area contributed by atoms with Crippen molar-refractivity contribution < 1.29 is 23.5 Å². The highest BCUT2D eigenvalue weighted by Crippen LogP contribution is 2.29. The second kappa shape index (κ2) is 8.30. The summed E-state index contributed by atoms with van der Waals surface area (Å²) >= 11 is 6.80. The van der Waals surface area contributed by atoms with Crippen molar-refractivity contribution in [3.8, 4) is 5.75 Å². The third-order valence-electron chi connectivity index (χ3n) is 4.36. The van der Waals surface area contributed by atoms with Gasteiger partial charge in [-0.1, -0.05) is 23.7 Å². The molecule has 0 aromatic heterocycles. The molecule has 2 aromatic carbocycles. The van der Waals surface area contributed by atoms with Crippen LogP contribution < -0.4 is 15.5 Å². The van der Waals surface area contributed by atoms with Crippen LogP contribution in [0.5, 0.6) is 5.75 Å². The van der Waals surface area contributed by atoms with E-state index in [4.69, 9.17) is 16.3 Å². The number of thioether (sulfide) groups is 1. The summed E-state index contributed by atoms with van der Waals surface area (Å²) in [4.78, 5) is 37.9. The minimum atomic E-state index is -1.33. The third-order valence-corrected chi connectivity index (χ3v) is 5.64. The Morgan fingerprint density at radius 2 is 1.97 bits per heavy atom. The largest absolute Gasteiger partial charge is 0.497 e. The molecule has 1 atom stereocenters. The smallest absolute Gasteiger partial charge is 0.344 e. The van der Waals surface area contributed by atoms with Gasteiger partial charge in [0.15, 0.2) is 0 Å². The van der Waals surface area contributed by atoms with Gasteiger partial charge < -0.3 is 10.1 Å². The van der Waals surface area contributed by atoms with Crippen LogP contribution in [0.2, 0.25) is 5.02 Å². The van der Waals surface area contributed by atoms with Crippen molar-refractivity contribution in [1.82, 2.24) is 15.8 Å². The number of carbonyl (C=O) groups is 3. The van der Waals surface area contributed by atoms with Crippen molar-refractivity contribution in [3.05, 3.63) is 58.9 Å². The van der Waals surface area contributed by atoms with Crippen molar-refractivity contribution in [3.63, 3.8) is 0 Å². The lowest BCUT2D eigenvalue weighted by Crippen LogP contribution is -2.48. The molecular weight excluding hydrogens is 421 g/mol. The molecule has 0 spiro atoms. The predicted molar refractivity (Wildman–Crippen MR) is 106 cm³/mol. The molecule has 0 radical (unpaired) electrons. The Labute approximate surface area is 175 Å². The van der Waals surface area contributed by atoms with E-state index in [-0.39, 0.29) is 10.8 Å². The molecule has 1 aliphatic rings. The predicted octanol–water partition coefficient (Wildman–Crippen LogP) is 3.08. The molecule has 2 aromatic rings. The number of methoxy groups -OCH3 is 1. The van der Waals surface area contributed by atoms with Gasteiger partial charge in [0.1, 0.15) is 17.1 Å². The van der Waals surface area contributed by atoms with E-state index in [0.29, 0.717) is 21.2 Å². The van der Waals surface area contributed by atoms with Gasteiger partial charge in [-0.15, -0.1) is 11.8 Å². The van der Waals surface area contributed by atoms with E-state index in [1.165, 1.54) is 25.3 Å². The molecule has 3 rings (SSSR count). The first-order valence-electron chi connectivity index (χ1n) is 8.43. The van der Waals surface area contributed by atoms with Crippen LogP contribution in [0.15, 0.2) is 47.4 Å². The van der Waals surface area contributed by atoms with E-state index in [2.05, 4.69) is 10.7 Å². The average molecular weight is 438 g/mol. The Bertz CT molecular complexity index is 972. The van der Waals surface area contributed by atoms with Crippen LogP contribution in [0.3, 0.4) is 0 Å². The Morgan fingerprint density at radius 1 is 1.28 bits per heavy atom. The number of ether oxygens (including phenoxy) is 1. The minimum Gasteiger partial charge on any atom is -0.497 e. The van der Waals surface area contributed by atoms with Gasteiger partial charge in [-0.25, -0.2) is 9.18 Å². The first kappa shape index (κ1) is 20.9. The Kier molecular flexibility index (Phi) is 5.99. The highest BCUT2D eigenvalue weighted by atomic mass is 35.5. The van der Waals surface area contributed by atoms with E-state index in [1.54, 1.807) is 31.2 Å². The first-order valence-corrected chi connectivity index (χ1v) is 9.79. The lowest BCUT2D eigenvalue weighted by atomic mass is 9.92. The lowest BCUT2D eigenvalue weighted by molar-refractivity contribution is -0.138. The van der Waals surface area contributed by atoms with Gasteiger partial charge in [-0.2, -0.15) is 5.01 Å². The molecule has 152 valence electrons. The second-order valence-corrected chi connectivity index (χ2v) is 7.78. The first-order chi connectivity index (χ1) is 13.7. The van der Waals surface area contributed by atoms with E-state index >= 15 is 0 Å². The second-order valence-electron chi connectivity index (χ2n) is 6.32. The highest BCUT2D eigenvalue weighted by molar-refractivity contribution is 8.00. The molecule has 2 N–H and O–H groups in total. The van der Waals surface area contributed by atoms with E-state index in [0.717, 1.165) is 11.8 Å². The van der Waals surface area contributed by atoms with Crippen molar-refractivity contribution in [2.75, 3.05) is 12.9 Å². The summed E-state index contributed by atoms with van der Waals surface area (Å²) in [5.74, 6) is -1.23. The van der Waals surface area contributed by atoms with E-state index in [1.807, 2.05) is 0 Å². The maximum absolute atomic E-state index is 13.2. The van der Waals surface area contributed by atoms with Gasteiger partial charge in [-0.3, -0.25) is 15.0 Å². The number of halogens is 2. The molecule has 10 heteroatoms. The molecule has 1 aliphatic heterocycles. The number of rotatable bonds is 6. The summed E-state index contributed by atoms with van der Waals surface area (Å²) < 4.78 is 18.3. The fourth-order valence-electron chi connectivity index (χ4n) is 2.73. The maximum Gasteiger partial charge on any atom is 0.344 e. The summed E-state index contributed by atoms with van der Waals surface area (Å²) in [5, 5.41) is 3.19. The summed E-state index contributed by atoms with van der Waals surface area (Å²) in [6.45, 7) is 1.55. The molecular formula is C19H17ClFN3O4S. The van der Waals surface area contributed by atoms with Gasteiger partial charge in [0.05, 0.1) is 17.9 Å². The fourth-order valence-corrected chi connectivity index (χ4v) is 3.71. The SMILES string of the molecule is COc1ccc([C@@]2(C)NC(=O)N(NC(=O)CSc3ccc(F)c(Cl)c3)C2=O)cc1. The van der Waals surface area contributed by atoms with Gasteiger partial charge in [0, 0.05) is 4.90 Å². The normalized spacial score (nSPS) is 18.6. The zero-order chi connectivity index (χ0) is 21.2. The van der Waals surface area contributed by atoms with Crippen LogP contribution >= 0.6 is 23.4 Å². The van der Waals surface area contributed by atoms with Crippen LogP contribution in [-0.2, 0) is 15.1 Å². The molecule has 7 nitrogen and oxygen atoms in total. The zero-order valence-corrected chi connectivity index (χ0v) is 17.1. The monoisotopic (exact) mass is 437 g/mol. The van der Waals surface area contributed by atoms with Crippen LogP contribution in [0.1, 0.15) is 12.5 Å². The van der Waals surface area contributed by atoms with Gasteiger partial charge in [0.25, 0.3) is 5.91 Å². The fraction of sp³-hybridized carbons (Fsp3) is 0.211. The molecule has 1 heterocycles. The highest BCUT2D eigenvalue weighted by Gasteiger charge is 2.50. The molecule has 4 amide bonds. The van der Waals surface area contributed by atoms with Crippen molar-refractivity contribution in [1.29, 1.82) is 0 Å². The molecule has 0 saturated carbocycles. The Morgan fingerprint density at radius 3 is 2.59 bits per heavy atom. The molecule has 1 fully saturated rings. The van der Waals surface area contributed by atoms with Gasteiger partial charge >= 0.3 is 6.03 Å². The number of urea groups is 1. The molecule has 0 unspecified atom stereocenters. The quantitative estimate of drug-likeness (QED) is 0.535. The number of benzene rings is 2. The van der Waals surface area contributed by atoms with Crippen molar-refractivity contribution >= 4 is 41.2 Å². The molecule has 0 aliphatic carbocycles. The summed E-state index contributed by atoms with van der Waals surface area (Å²) in [6, 6.07) is 10.00. The summed E-state index contributed by atoms with van der Waals surface area (Å²) in [6.07, 6.45) is 0. The molecule has 0 bridgehead atoms. The third kappa shape index (κ3) is 4.30. The van der Waals surface area contributed by atoms with Gasteiger partial charge in [0.2, 0.25) is 5.91 Å². The van der Waals surface area contributed by atoms with Crippen LogP contribution in [0, 0.1) is 5.82 Å². The Hall–Kier alpha value is -2.78. The number of imide groups is 1. The van der Waals surface area contributed by atoms with Gasteiger partial charge in [-0.05, 0) is 42.8 Å². The Balaban J connectivity index is 1.65. The van der Waals surface area contributed by atoms with Crippen LogP contribution in [0.4, 0.5) is 9.18 Å². The van der Waals surface area contributed by atoms with Crippen molar-refractivity contribution in [2.45, 2.75) is 17.4 Å². The number of hydrazine groups is 1. The number of nitrogens with one attached hydrogen (secondary N) is 2. The van der Waals surface area contributed by atoms with Crippen LogP contribution in [-0.4, -0.2) is 35.7 Å². The maximum atomic E-state index is 13.2. The van der Waals surface area contributed by atoms with Crippen molar-refractivity contribution in [2.24, 2.45) is 0 Å². The minimum absolute atomic E-state index is 0.0558. The summed E-state index contributed by atoms with van der Waals surface area (Å²) in [5.41, 5.74) is 1.52. The van der Waals surface area contributed by atoms with E-state index < -0.39 is 29.2 Å². The molecule has 29 heavy (non-hydrogen) atoms. The van der Waals surface area contributed by atoms with E-state index in [9.17, 15) is 18.8 Å². The lowest BCUT2D eigenvalue weighted by Gasteiger charge is -2.22. The van der Waals surface area contributed by atoms with Crippen LogP contribution in [0.25, 0.3) is 0 Å². The zero-order valence-electron chi connectivity index (χ0n) is 15.5. The average Bonchev–Trinajstić information content (AvgIpc) is 2.93. The number of hydrogen-bond acceptors (Lipinski definition) is 5. The molecule has 1 saturated heterocycles. The number of nitrogens with zero attached hydrogens (tertiary/aromatic N) is 1.